The molecule has 0 aromatic heterocycles. The van der Waals surface area contributed by atoms with E-state index in [4.69, 9.17) is 0 Å². The molecule has 1 atom stereocenters. The number of piperidine rings is 1. The second-order valence-corrected chi connectivity index (χ2v) is 9.23. The number of hydrogen-bond donors (Lipinski definition) is 1. The molecule has 6 nitrogen and oxygen atoms in total. The molecule has 166 valence electrons. The van der Waals surface area contributed by atoms with Crippen molar-refractivity contribution in [2.75, 3.05) is 45.8 Å². The van der Waals surface area contributed by atoms with Gasteiger partial charge in [0.1, 0.15) is 0 Å². The number of carbonyl (C=O) groups is 2. The Kier molecular flexibility index (Phi) is 8.28. The maximum atomic E-state index is 12.8. The molecule has 0 bridgehead atoms. The van der Waals surface area contributed by atoms with Gasteiger partial charge < -0.3 is 10.2 Å². The molecule has 1 aromatic carbocycles. The molecule has 30 heavy (non-hydrogen) atoms. The fourth-order valence-corrected chi connectivity index (χ4v) is 4.15. The number of carbonyl (C=O) groups excluding carboxylic acids is 2. The lowest BCUT2D eigenvalue weighted by Gasteiger charge is -2.37. The normalized spacial score (nSPS) is 20.3. The molecule has 2 fully saturated rings. The summed E-state index contributed by atoms with van der Waals surface area (Å²) < 4.78 is 0. The molecule has 2 amide bonds. The third-order valence-corrected chi connectivity index (χ3v) is 6.66. The molecule has 1 unspecified atom stereocenters. The average molecular weight is 415 g/mol. The van der Waals surface area contributed by atoms with E-state index in [0.717, 1.165) is 58.7 Å². The van der Waals surface area contributed by atoms with Crippen molar-refractivity contribution in [3.63, 3.8) is 0 Å². The Balaban J connectivity index is 1.36. The maximum Gasteiger partial charge on any atom is 0.236 e. The number of amides is 2. The number of hydrogen-bond acceptors (Lipinski definition) is 4. The molecular weight excluding hydrogens is 376 g/mol. The van der Waals surface area contributed by atoms with E-state index in [-0.39, 0.29) is 23.8 Å². The number of nitrogens with zero attached hydrogens (tertiary/aromatic N) is 3. The molecule has 2 heterocycles. The summed E-state index contributed by atoms with van der Waals surface area (Å²) >= 11 is 0. The highest BCUT2D eigenvalue weighted by Crippen LogP contribution is 2.18. The first-order chi connectivity index (χ1) is 14.4. The quantitative estimate of drug-likeness (QED) is 0.743. The minimum atomic E-state index is 0.0825. The number of benzene rings is 1. The maximum absolute atomic E-state index is 12.8. The van der Waals surface area contributed by atoms with E-state index in [1.54, 1.807) is 0 Å². The van der Waals surface area contributed by atoms with E-state index < -0.39 is 0 Å². The molecular formula is C24H38N4O2. The molecule has 2 aliphatic rings. The summed E-state index contributed by atoms with van der Waals surface area (Å²) in [4.78, 5) is 31.8. The Morgan fingerprint density at radius 3 is 2.17 bits per heavy atom. The molecule has 1 aromatic rings. The largest absolute Gasteiger partial charge is 0.353 e. The Labute approximate surface area is 181 Å². The monoisotopic (exact) mass is 414 g/mol. The zero-order chi connectivity index (χ0) is 21.5. The van der Waals surface area contributed by atoms with Gasteiger partial charge in [-0.05, 0) is 44.3 Å². The lowest BCUT2D eigenvalue weighted by atomic mass is 9.95. The van der Waals surface area contributed by atoms with Crippen LogP contribution in [0.25, 0.3) is 0 Å². The van der Waals surface area contributed by atoms with Gasteiger partial charge in [-0.15, -0.1) is 0 Å². The van der Waals surface area contributed by atoms with Crippen LogP contribution in [-0.4, -0.2) is 78.4 Å². The van der Waals surface area contributed by atoms with E-state index in [0.29, 0.717) is 12.5 Å². The lowest BCUT2D eigenvalue weighted by Crippen LogP contribution is -2.52. The van der Waals surface area contributed by atoms with Gasteiger partial charge in [0.05, 0.1) is 6.54 Å². The smallest absolute Gasteiger partial charge is 0.236 e. The second-order valence-electron chi connectivity index (χ2n) is 9.23. The van der Waals surface area contributed by atoms with E-state index >= 15 is 0 Å². The fourth-order valence-electron chi connectivity index (χ4n) is 4.15. The van der Waals surface area contributed by atoms with E-state index in [9.17, 15) is 9.59 Å². The predicted octanol–water partition coefficient (Wildman–Crippen LogP) is 2.20. The molecule has 2 saturated heterocycles. The van der Waals surface area contributed by atoms with Gasteiger partial charge in [-0.2, -0.15) is 0 Å². The summed E-state index contributed by atoms with van der Waals surface area (Å²) in [5.41, 5.74) is 1.33. The van der Waals surface area contributed by atoms with Gasteiger partial charge in [-0.25, -0.2) is 0 Å². The first-order valence-electron chi connectivity index (χ1n) is 11.5. The van der Waals surface area contributed by atoms with Crippen molar-refractivity contribution in [3.8, 4) is 0 Å². The SMILES string of the molecule is CC(C)C(C)NC(=O)C1CCN(CC(=O)N2CCN(Cc3ccccc3)CC2)CC1. The highest BCUT2D eigenvalue weighted by Gasteiger charge is 2.28. The van der Waals surface area contributed by atoms with Gasteiger partial charge in [0.15, 0.2) is 0 Å². The standard InChI is InChI=1S/C24H38N4O2/c1-19(2)20(3)25-24(30)22-9-11-26(12-10-22)18-23(29)28-15-13-27(14-16-28)17-21-7-5-4-6-8-21/h4-8,19-20,22H,9-18H2,1-3H3,(H,25,30). The van der Waals surface area contributed by atoms with Gasteiger partial charge in [-0.1, -0.05) is 44.2 Å². The molecule has 2 aliphatic heterocycles. The number of rotatable bonds is 7. The van der Waals surface area contributed by atoms with Crippen LogP contribution >= 0.6 is 0 Å². The topological polar surface area (TPSA) is 55.9 Å². The van der Waals surface area contributed by atoms with E-state index in [1.165, 1.54) is 5.56 Å². The van der Waals surface area contributed by atoms with Crippen molar-refractivity contribution in [3.05, 3.63) is 35.9 Å². The summed E-state index contributed by atoms with van der Waals surface area (Å²) in [6, 6.07) is 10.7. The molecule has 6 heteroatoms. The minimum Gasteiger partial charge on any atom is -0.353 e. The van der Waals surface area contributed by atoms with Gasteiger partial charge >= 0.3 is 0 Å². The van der Waals surface area contributed by atoms with Crippen LogP contribution < -0.4 is 5.32 Å². The van der Waals surface area contributed by atoms with Crippen molar-refractivity contribution in [2.45, 2.75) is 46.2 Å². The van der Waals surface area contributed by atoms with Crippen LogP contribution in [0.4, 0.5) is 0 Å². The third kappa shape index (κ3) is 6.54. The number of likely N-dealkylation sites (tertiary alicyclic amines) is 1. The summed E-state index contributed by atoms with van der Waals surface area (Å²) in [5, 5.41) is 3.14. The van der Waals surface area contributed by atoms with Crippen LogP contribution in [0.2, 0.25) is 0 Å². The lowest BCUT2D eigenvalue weighted by molar-refractivity contribution is -0.134. The first-order valence-corrected chi connectivity index (χ1v) is 11.5. The first kappa shape index (κ1) is 22.8. The van der Waals surface area contributed by atoms with Crippen LogP contribution in [0.15, 0.2) is 30.3 Å². The van der Waals surface area contributed by atoms with E-state index in [2.05, 4.69) is 60.2 Å². The van der Waals surface area contributed by atoms with Gasteiger partial charge in [0.25, 0.3) is 0 Å². The second kappa shape index (κ2) is 10.9. The van der Waals surface area contributed by atoms with Gasteiger partial charge in [0.2, 0.25) is 11.8 Å². The minimum absolute atomic E-state index is 0.0825. The third-order valence-electron chi connectivity index (χ3n) is 6.66. The number of piperazine rings is 1. The highest BCUT2D eigenvalue weighted by atomic mass is 16.2. The Morgan fingerprint density at radius 1 is 0.933 bits per heavy atom. The van der Waals surface area contributed by atoms with Crippen LogP contribution in [0.5, 0.6) is 0 Å². The Bertz CT molecular complexity index is 678. The molecule has 0 radical (unpaired) electrons. The van der Waals surface area contributed by atoms with Crippen molar-refractivity contribution in [1.82, 2.24) is 20.0 Å². The van der Waals surface area contributed by atoms with Crippen molar-refractivity contribution >= 4 is 11.8 Å². The van der Waals surface area contributed by atoms with Crippen LogP contribution in [0.3, 0.4) is 0 Å². The van der Waals surface area contributed by atoms with Crippen molar-refractivity contribution in [2.24, 2.45) is 11.8 Å². The molecule has 0 saturated carbocycles. The summed E-state index contributed by atoms with van der Waals surface area (Å²) in [5.74, 6) is 0.932. The van der Waals surface area contributed by atoms with Crippen LogP contribution in [-0.2, 0) is 16.1 Å². The Morgan fingerprint density at radius 2 is 1.57 bits per heavy atom. The van der Waals surface area contributed by atoms with Crippen LogP contribution in [0.1, 0.15) is 39.2 Å². The predicted molar refractivity (Wildman–Crippen MR) is 120 cm³/mol. The van der Waals surface area contributed by atoms with Gasteiger partial charge in [0, 0.05) is 44.7 Å². The summed E-state index contributed by atoms with van der Waals surface area (Å²) in [6.07, 6.45) is 1.68. The molecule has 0 aliphatic carbocycles. The van der Waals surface area contributed by atoms with Crippen molar-refractivity contribution in [1.29, 1.82) is 0 Å². The van der Waals surface area contributed by atoms with Crippen LogP contribution in [0, 0.1) is 11.8 Å². The van der Waals surface area contributed by atoms with E-state index in [1.807, 2.05) is 11.0 Å². The number of nitrogens with one attached hydrogen (secondary N) is 1. The zero-order valence-electron chi connectivity index (χ0n) is 18.8. The van der Waals surface area contributed by atoms with Gasteiger partial charge in [-0.3, -0.25) is 19.4 Å². The summed E-state index contributed by atoms with van der Waals surface area (Å²) in [7, 11) is 0. The molecule has 3 rings (SSSR count). The Hall–Kier alpha value is -1.92. The molecule has 0 spiro atoms. The average Bonchev–Trinajstić information content (AvgIpc) is 2.75. The van der Waals surface area contributed by atoms with Crippen molar-refractivity contribution < 1.29 is 9.59 Å². The summed E-state index contributed by atoms with van der Waals surface area (Å²) in [6.45, 7) is 12.9. The highest BCUT2D eigenvalue weighted by molar-refractivity contribution is 5.79. The fraction of sp³-hybridized carbons (Fsp3) is 0.667. The molecule has 1 N–H and O–H groups in total. The zero-order valence-corrected chi connectivity index (χ0v) is 18.8.